The first-order valence-corrected chi connectivity index (χ1v) is 6.20. The summed E-state index contributed by atoms with van der Waals surface area (Å²) in [6.45, 7) is 2.57. The summed E-state index contributed by atoms with van der Waals surface area (Å²) in [6, 6.07) is 0. The number of aliphatic hydroxyl groups is 2. The van der Waals surface area contributed by atoms with Crippen molar-refractivity contribution in [3.05, 3.63) is 0 Å². The molecule has 2 unspecified atom stereocenters. The molecule has 4 nitrogen and oxygen atoms in total. The summed E-state index contributed by atoms with van der Waals surface area (Å²) in [6.07, 6.45) is 4.71. The van der Waals surface area contributed by atoms with E-state index in [9.17, 15) is 5.11 Å². The van der Waals surface area contributed by atoms with E-state index < -0.39 is 12.3 Å². The quantitative estimate of drug-likeness (QED) is 0.440. The van der Waals surface area contributed by atoms with Crippen LogP contribution >= 0.6 is 0 Å². The molecule has 4 heteroatoms. The van der Waals surface area contributed by atoms with Crippen LogP contribution < -0.4 is 0 Å². The third kappa shape index (κ3) is 7.17. The van der Waals surface area contributed by atoms with Crippen molar-refractivity contribution in [2.45, 2.75) is 51.4 Å². The van der Waals surface area contributed by atoms with E-state index >= 15 is 0 Å². The van der Waals surface area contributed by atoms with E-state index in [1.54, 1.807) is 4.90 Å². The molecule has 0 aliphatic carbocycles. The number of hydrogen-bond acceptors (Lipinski definition) is 4. The van der Waals surface area contributed by atoms with E-state index in [1.165, 1.54) is 25.7 Å². The Hall–Kier alpha value is -0.160. The Balaban J connectivity index is 3.61. The average Bonchev–Trinajstić information content (AvgIpc) is 2.26. The second-order valence-electron chi connectivity index (χ2n) is 4.39. The van der Waals surface area contributed by atoms with Gasteiger partial charge < -0.3 is 14.9 Å². The summed E-state index contributed by atoms with van der Waals surface area (Å²) >= 11 is 0. The second-order valence-corrected chi connectivity index (χ2v) is 4.39. The zero-order valence-electron chi connectivity index (χ0n) is 10.9. The molecule has 0 amide bonds. The first-order valence-electron chi connectivity index (χ1n) is 6.20. The molecule has 0 rings (SSSR count). The van der Waals surface area contributed by atoms with Crippen molar-refractivity contribution in [3.8, 4) is 0 Å². The number of likely N-dealkylation sites (N-methyl/N-ethyl adjacent to an activating group) is 1. The highest BCUT2D eigenvalue weighted by Crippen LogP contribution is 2.06. The summed E-state index contributed by atoms with van der Waals surface area (Å²) in [4.78, 5) is 1.78. The van der Waals surface area contributed by atoms with Gasteiger partial charge in [-0.2, -0.15) is 0 Å². The number of rotatable bonds is 10. The van der Waals surface area contributed by atoms with E-state index in [4.69, 9.17) is 9.84 Å². The van der Waals surface area contributed by atoms with Gasteiger partial charge in [-0.05, 0) is 20.5 Å². The van der Waals surface area contributed by atoms with Crippen molar-refractivity contribution >= 4 is 0 Å². The molecule has 0 saturated carbocycles. The summed E-state index contributed by atoms with van der Waals surface area (Å²) in [5, 5.41) is 18.4. The molecule has 0 aromatic heterocycles. The average molecular weight is 233 g/mol. The Morgan fingerprint density at radius 3 is 2.25 bits per heavy atom. The predicted octanol–water partition coefficient (Wildman–Crippen LogP) is 1.21. The lowest BCUT2D eigenvalue weighted by atomic mass is 10.2. The molecule has 2 atom stereocenters. The highest BCUT2D eigenvalue weighted by Gasteiger charge is 2.20. The number of aliphatic hydroxyl groups excluding tert-OH is 2. The molecular formula is C12H27NO3. The van der Waals surface area contributed by atoms with Crippen molar-refractivity contribution < 1.29 is 14.9 Å². The largest absolute Gasteiger partial charge is 0.394 e. The zero-order valence-corrected chi connectivity index (χ0v) is 10.9. The smallest absolute Gasteiger partial charge is 0.138 e. The van der Waals surface area contributed by atoms with E-state index in [0.29, 0.717) is 6.61 Å². The Morgan fingerprint density at radius 1 is 1.12 bits per heavy atom. The van der Waals surface area contributed by atoms with Gasteiger partial charge in [0.1, 0.15) is 12.3 Å². The van der Waals surface area contributed by atoms with Gasteiger partial charge in [0.15, 0.2) is 0 Å². The van der Waals surface area contributed by atoms with Crippen molar-refractivity contribution in [2.24, 2.45) is 0 Å². The van der Waals surface area contributed by atoms with Crippen LogP contribution in [0.5, 0.6) is 0 Å². The van der Waals surface area contributed by atoms with Crippen LogP contribution in [0.4, 0.5) is 0 Å². The highest BCUT2D eigenvalue weighted by atomic mass is 16.5. The van der Waals surface area contributed by atoms with Gasteiger partial charge in [0, 0.05) is 6.61 Å². The molecule has 0 aliphatic heterocycles. The Labute approximate surface area is 99.2 Å². The van der Waals surface area contributed by atoms with E-state index in [1.807, 2.05) is 14.1 Å². The van der Waals surface area contributed by atoms with Crippen molar-refractivity contribution in [2.75, 3.05) is 27.3 Å². The molecule has 98 valence electrons. The topological polar surface area (TPSA) is 52.9 Å². The molecule has 0 aromatic carbocycles. The SMILES string of the molecule is CCCCCCCOC(C(O)CO)N(C)C. The highest BCUT2D eigenvalue weighted by molar-refractivity contribution is 4.65. The van der Waals surface area contributed by atoms with Gasteiger partial charge in [-0.15, -0.1) is 0 Å². The van der Waals surface area contributed by atoms with Crippen LogP contribution in [0.2, 0.25) is 0 Å². The summed E-state index contributed by atoms with van der Waals surface area (Å²) < 4.78 is 5.55. The fraction of sp³-hybridized carbons (Fsp3) is 1.00. The van der Waals surface area contributed by atoms with Gasteiger partial charge in [-0.3, -0.25) is 4.90 Å². The van der Waals surface area contributed by atoms with Crippen LogP contribution in [-0.4, -0.2) is 54.8 Å². The molecule has 0 radical (unpaired) electrons. The number of nitrogens with zero attached hydrogens (tertiary/aromatic N) is 1. The van der Waals surface area contributed by atoms with Crippen LogP contribution in [0.15, 0.2) is 0 Å². The van der Waals surface area contributed by atoms with E-state index in [2.05, 4.69) is 6.92 Å². The van der Waals surface area contributed by atoms with Crippen molar-refractivity contribution in [1.82, 2.24) is 4.90 Å². The minimum Gasteiger partial charge on any atom is -0.394 e. The van der Waals surface area contributed by atoms with Crippen LogP contribution in [0, 0.1) is 0 Å². The minimum atomic E-state index is -0.828. The fourth-order valence-electron chi connectivity index (χ4n) is 1.60. The van der Waals surface area contributed by atoms with Gasteiger partial charge in [0.2, 0.25) is 0 Å². The molecule has 0 bridgehead atoms. The lowest BCUT2D eigenvalue weighted by molar-refractivity contribution is -0.121. The summed E-state index contributed by atoms with van der Waals surface area (Å²) in [5.41, 5.74) is 0. The first kappa shape index (κ1) is 15.8. The molecule has 0 aromatic rings. The maximum atomic E-state index is 9.51. The second kappa shape index (κ2) is 10.0. The van der Waals surface area contributed by atoms with Crippen molar-refractivity contribution in [3.63, 3.8) is 0 Å². The Morgan fingerprint density at radius 2 is 1.75 bits per heavy atom. The maximum Gasteiger partial charge on any atom is 0.138 e. The monoisotopic (exact) mass is 233 g/mol. The molecular weight excluding hydrogens is 206 g/mol. The van der Waals surface area contributed by atoms with Gasteiger partial charge in [-0.25, -0.2) is 0 Å². The molecule has 0 heterocycles. The van der Waals surface area contributed by atoms with Gasteiger partial charge >= 0.3 is 0 Å². The van der Waals surface area contributed by atoms with Crippen molar-refractivity contribution in [1.29, 1.82) is 0 Å². The zero-order chi connectivity index (χ0) is 12.4. The van der Waals surface area contributed by atoms with Crippen LogP contribution in [0.1, 0.15) is 39.0 Å². The number of hydrogen-bond donors (Lipinski definition) is 2. The number of unbranched alkanes of at least 4 members (excludes halogenated alkanes) is 4. The number of ether oxygens (including phenoxy) is 1. The van der Waals surface area contributed by atoms with Crippen LogP contribution in [0.3, 0.4) is 0 Å². The van der Waals surface area contributed by atoms with Gasteiger partial charge in [-0.1, -0.05) is 32.6 Å². The lowest BCUT2D eigenvalue weighted by Gasteiger charge is -2.27. The molecule has 2 N–H and O–H groups in total. The van der Waals surface area contributed by atoms with Gasteiger partial charge in [0.25, 0.3) is 0 Å². The predicted molar refractivity (Wildman–Crippen MR) is 65.3 cm³/mol. The Kier molecular flexibility index (Phi) is 9.92. The van der Waals surface area contributed by atoms with E-state index in [-0.39, 0.29) is 6.61 Å². The Bertz CT molecular complexity index is 153. The van der Waals surface area contributed by atoms with Crippen LogP contribution in [-0.2, 0) is 4.74 Å². The van der Waals surface area contributed by atoms with Crippen LogP contribution in [0.25, 0.3) is 0 Å². The molecule has 0 fully saturated rings. The van der Waals surface area contributed by atoms with E-state index in [0.717, 1.165) is 6.42 Å². The molecule has 0 saturated heterocycles. The third-order valence-corrected chi connectivity index (χ3v) is 2.56. The normalized spacial score (nSPS) is 15.4. The molecule has 0 aliphatic rings. The lowest BCUT2D eigenvalue weighted by Crippen LogP contribution is -2.43. The molecule has 16 heavy (non-hydrogen) atoms. The summed E-state index contributed by atoms with van der Waals surface area (Å²) in [7, 11) is 3.67. The fourth-order valence-corrected chi connectivity index (χ4v) is 1.60. The van der Waals surface area contributed by atoms with Gasteiger partial charge in [0.05, 0.1) is 6.61 Å². The molecule has 0 spiro atoms. The maximum absolute atomic E-state index is 9.51. The standard InChI is InChI=1S/C12H27NO3/c1-4-5-6-7-8-9-16-12(13(2)3)11(15)10-14/h11-12,14-15H,4-10H2,1-3H3. The first-order chi connectivity index (χ1) is 7.63. The third-order valence-electron chi connectivity index (χ3n) is 2.56. The minimum absolute atomic E-state index is 0.265. The summed E-state index contributed by atoms with van der Waals surface area (Å²) in [5.74, 6) is 0.